The average Bonchev–Trinajstić information content (AvgIpc) is 2.64. The summed E-state index contributed by atoms with van der Waals surface area (Å²) in [6.07, 6.45) is 4.34. The summed E-state index contributed by atoms with van der Waals surface area (Å²) in [5.41, 5.74) is 1.07. The van der Waals surface area contributed by atoms with E-state index in [2.05, 4.69) is 27.1 Å². The standard InChI is InChI=1S/C19H22F2N4O/c1-3-14-6-4-5-9-25(14)19-22-12(2)10-17(24-19)18(26)23-13-7-8-15(20)16(21)11-13/h7-8,10-11,14H,3-6,9H2,1-2H3,(H,23,26). The van der Waals surface area contributed by atoms with E-state index in [9.17, 15) is 13.6 Å². The van der Waals surface area contributed by atoms with Crippen LogP contribution in [0.1, 0.15) is 48.8 Å². The maximum atomic E-state index is 13.3. The number of amides is 1. The Morgan fingerprint density at radius 1 is 1.23 bits per heavy atom. The van der Waals surface area contributed by atoms with Gasteiger partial charge >= 0.3 is 0 Å². The van der Waals surface area contributed by atoms with Gasteiger partial charge in [-0.1, -0.05) is 6.92 Å². The lowest BCUT2D eigenvalue weighted by Gasteiger charge is -2.35. The van der Waals surface area contributed by atoms with Crippen molar-refractivity contribution in [2.75, 3.05) is 16.8 Å². The van der Waals surface area contributed by atoms with Gasteiger partial charge in [0.25, 0.3) is 5.91 Å². The molecule has 1 aromatic carbocycles. The number of anilines is 2. The Hall–Kier alpha value is -2.57. The highest BCUT2D eigenvalue weighted by Gasteiger charge is 2.24. The van der Waals surface area contributed by atoms with Crippen LogP contribution in [0.15, 0.2) is 24.3 Å². The van der Waals surface area contributed by atoms with Crippen LogP contribution in [0.25, 0.3) is 0 Å². The molecule has 1 saturated heterocycles. The second-order valence-electron chi connectivity index (χ2n) is 6.53. The van der Waals surface area contributed by atoms with Crippen molar-refractivity contribution in [3.8, 4) is 0 Å². The first-order valence-corrected chi connectivity index (χ1v) is 8.86. The van der Waals surface area contributed by atoms with Gasteiger partial charge in [-0.25, -0.2) is 18.7 Å². The second-order valence-corrected chi connectivity index (χ2v) is 6.53. The van der Waals surface area contributed by atoms with E-state index in [0.717, 1.165) is 37.9 Å². The van der Waals surface area contributed by atoms with Crippen LogP contribution in [-0.2, 0) is 0 Å². The van der Waals surface area contributed by atoms with Gasteiger partial charge in [0.15, 0.2) is 11.6 Å². The summed E-state index contributed by atoms with van der Waals surface area (Å²) >= 11 is 0. The lowest BCUT2D eigenvalue weighted by atomic mass is 10.0. The Balaban J connectivity index is 1.84. The van der Waals surface area contributed by atoms with E-state index >= 15 is 0 Å². The van der Waals surface area contributed by atoms with E-state index in [4.69, 9.17) is 0 Å². The normalized spacial score (nSPS) is 17.2. The molecule has 1 N–H and O–H groups in total. The fraction of sp³-hybridized carbons (Fsp3) is 0.421. The summed E-state index contributed by atoms with van der Waals surface area (Å²) < 4.78 is 26.4. The molecule has 1 fully saturated rings. The molecule has 1 aliphatic rings. The molecule has 5 nitrogen and oxygen atoms in total. The molecule has 2 aromatic rings. The fourth-order valence-corrected chi connectivity index (χ4v) is 3.25. The Kier molecular flexibility index (Phi) is 5.44. The molecule has 1 atom stereocenters. The van der Waals surface area contributed by atoms with Crippen LogP contribution < -0.4 is 10.2 Å². The van der Waals surface area contributed by atoms with E-state index < -0.39 is 17.5 Å². The molecule has 1 aromatic heterocycles. The number of hydrogen-bond donors (Lipinski definition) is 1. The number of hydrogen-bond acceptors (Lipinski definition) is 4. The van der Waals surface area contributed by atoms with Crippen molar-refractivity contribution in [2.24, 2.45) is 0 Å². The minimum Gasteiger partial charge on any atom is -0.338 e. The Morgan fingerprint density at radius 2 is 2.04 bits per heavy atom. The molecule has 1 aliphatic heterocycles. The molecule has 0 spiro atoms. The van der Waals surface area contributed by atoms with Crippen molar-refractivity contribution in [3.05, 3.63) is 47.3 Å². The Morgan fingerprint density at radius 3 is 2.77 bits per heavy atom. The van der Waals surface area contributed by atoms with Crippen LogP contribution in [0.2, 0.25) is 0 Å². The van der Waals surface area contributed by atoms with Gasteiger partial charge < -0.3 is 10.2 Å². The van der Waals surface area contributed by atoms with Crippen LogP contribution in [0.4, 0.5) is 20.4 Å². The van der Waals surface area contributed by atoms with Gasteiger partial charge in [0.05, 0.1) is 0 Å². The third kappa shape index (κ3) is 3.98. The summed E-state index contributed by atoms with van der Waals surface area (Å²) in [6, 6.07) is 5.18. The zero-order chi connectivity index (χ0) is 18.7. The topological polar surface area (TPSA) is 58.1 Å². The predicted molar refractivity (Wildman–Crippen MR) is 96.4 cm³/mol. The molecule has 1 unspecified atom stereocenters. The SMILES string of the molecule is CCC1CCCCN1c1nc(C)cc(C(=O)Nc2ccc(F)c(F)c2)n1. The third-order valence-corrected chi connectivity index (χ3v) is 4.61. The van der Waals surface area contributed by atoms with Crippen molar-refractivity contribution in [1.29, 1.82) is 0 Å². The lowest BCUT2D eigenvalue weighted by Crippen LogP contribution is -2.40. The van der Waals surface area contributed by atoms with Crippen molar-refractivity contribution in [1.82, 2.24) is 9.97 Å². The van der Waals surface area contributed by atoms with E-state index in [1.165, 1.54) is 12.5 Å². The van der Waals surface area contributed by atoms with Crippen LogP contribution in [0.3, 0.4) is 0 Å². The number of nitrogens with zero attached hydrogens (tertiary/aromatic N) is 3. The van der Waals surface area contributed by atoms with E-state index in [1.54, 1.807) is 6.07 Å². The minimum atomic E-state index is -1.01. The minimum absolute atomic E-state index is 0.177. The summed E-state index contributed by atoms with van der Waals surface area (Å²) in [7, 11) is 0. The van der Waals surface area contributed by atoms with Gasteiger partial charge in [-0.15, -0.1) is 0 Å². The van der Waals surface area contributed by atoms with Crippen LogP contribution in [-0.4, -0.2) is 28.5 Å². The number of rotatable bonds is 4. The van der Waals surface area contributed by atoms with Crippen molar-refractivity contribution >= 4 is 17.5 Å². The zero-order valence-electron chi connectivity index (χ0n) is 14.9. The molecular formula is C19H22F2N4O. The largest absolute Gasteiger partial charge is 0.338 e. The number of halogens is 2. The fourth-order valence-electron chi connectivity index (χ4n) is 3.25. The number of benzene rings is 1. The number of aryl methyl sites for hydroxylation is 1. The first-order chi connectivity index (χ1) is 12.5. The third-order valence-electron chi connectivity index (χ3n) is 4.61. The summed E-state index contributed by atoms with van der Waals surface area (Å²) in [6.45, 7) is 4.81. The van der Waals surface area contributed by atoms with E-state index in [-0.39, 0.29) is 11.4 Å². The van der Waals surface area contributed by atoms with Crippen LogP contribution >= 0.6 is 0 Å². The molecule has 2 heterocycles. The molecular weight excluding hydrogens is 338 g/mol. The molecule has 1 amide bonds. The van der Waals surface area contributed by atoms with E-state index in [1.807, 2.05) is 6.92 Å². The van der Waals surface area contributed by atoms with Gasteiger partial charge in [0.2, 0.25) is 5.95 Å². The summed E-state index contributed by atoms with van der Waals surface area (Å²) in [5.74, 6) is -1.90. The average molecular weight is 360 g/mol. The van der Waals surface area contributed by atoms with Crippen LogP contribution in [0, 0.1) is 18.6 Å². The second kappa shape index (κ2) is 7.76. The van der Waals surface area contributed by atoms with Crippen LogP contribution in [0.5, 0.6) is 0 Å². The monoisotopic (exact) mass is 360 g/mol. The Labute approximate surface area is 151 Å². The number of piperidine rings is 1. The van der Waals surface area contributed by atoms with Crippen molar-refractivity contribution in [3.63, 3.8) is 0 Å². The van der Waals surface area contributed by atoms with Gasteiger partial charge in [0.1, 0.15) is 5.69 Å². The van der Waals surface area contributed by atoms with E-state index in [0.29, 0.717) is 17.7 Å². The van der Waals surface area contributed by atoms with Crippen molar-refractivity contribution < 1.29 is 13.6 Å². The molecule has 0 aliphatic carbocycles. The first-order valence-electron chi connectivity index (χ1n) is 8.86. The highest BCUT2D eigenvalue weighted by Crippen LogP contribution is 2.24. The Bertz CT molecular complexity index is 812. The maximum Gasteiger partial charge on any atom is 0.274 e. The first kappa shape index (κ1) is 18.2. The zero-order valence-corrected chi connectivity index (χ0v) is 14.9. The highest BCUT2D eigenvalue weighted by molar-refractivity contribution is 6.03. The molecule has 26 heavy (non-hydrogen) atoms. The number of nitrogens with one attached hydrogen (secondary N) is 1. The molecule has 0 radical (unpaired) electrons. The van der Waals surface area contributed by atoms with Gasteiger partial charge in [-0.3, -0.25) is 4.79 Å². The number of aromatic nitrogens is 2. The maximum absolute atomic E-state index is 13.3. The smallest absolute Gasteiger partial charge is 0.274 e. The summed E-state index contributed by atoms with van der Waals surface area (Å²) in [4.78, 5) is 23.6. The number of carbonyl (C=O) groups is 1. The highest BCUT2D eigenvalue weighted by atomic mass is 19.2. The predicted octanol–water partition coefficient (Wildman–Crippen LogP) is 4.08. The van der Waals surface area contributed by atoms with Gasteiger partial charge in [-0.05, 0) is 50.8 Å². The summed E-state index contributed by atoms with van der Waals surface area (Å²) in [5, 5.41) is 2.55. The number of carbonyl (C=O) groups excluding carboxylic acids is 1. The lowest BCUT2D eigenvalue weighted by molar-refractivity contribution is 0.102. The van der Waals surface area contributed by atoms with Gasteiger partial charge in [0, 0.05) is 30.0 Å². The molecule has 3 rings (SSSR count). The molecule has 0 bridgehead atoms. The molecule has 0 saturated carbocycles. The van der Waals surface area contributed by atoms with Crippen molar-refractivity contribution in [2.45, 2.75) is 45.6 Å². The quantitative estimate of drug-likeness (QED) is 0.892. The molecule has 7 heteroatoms. The van der Waals surface area contributed by atoms with Gasteiger partial charge in [-0.2, -0.15) is 0 Å². The molecule has 138 valence electrons.